The molecule has 2 aromatic rings. The van der Waals surface area contributed by atoms with Gasteiger partial charge >= 0.3 is 0 Å². The molecule has 112 valence electrons. The Morgan fingerprint density at radius 2 is 2.05 bits per heavy atom. The maximum Gasteiger partial charge on any atom is 0.0701 e. The molecule has 0 saturated carbocycles. The van der Waals surface area contributed by atoms with Gasteiger partial charge in [-0.1, -0.05) is 30.3 Å². The van der Waals surface area contributed by atoms with Crippen molar-refractivity contribution in [3.05, 3.63) is 56.7 Å². The van der Waals surface area contributed by atoms with E-state index in [2.05, 4.69) is 68.6 Å². The molecule has 0 radical (unpaired) electrons. The van der Waals surface area contributed by atoms with Crippen LogP contribution in [0.25, 0.3) is 0 Å². The summed E-state index contributed by atoms with van der Waals surface area (Å²) in [6.07, 6.45) is 2.35. The maximum atomic E-state index is 3.70. The summed E-state index contributed by atoms with van der Waals surface area (Å²) in [6.45, 7) is 4.52. The van der Waals surface area contributed by atoms with E-state index in [1.807, 2.05) is 11.3 Å². The molecule has 1 aliphatic heterocycles. The second kappa shape index (κ2) is 7.54. The topological polar surface area (TPSA) is 15.3 Å². The molecule has 1 aromatic carbocycles. The predicted octanol–water partition coefficient (Wildman–Crippen LogP) is 3.92. The van der Waals surface area contributed by atoms with E-state index in [0.717, 1.165) is 26.1 Å². The Morgan fingerprint density at radius 1 is 1.19 bits per heavy atom. The number of hydrogen-bond acceptors (Lipinski definition) is 3. The molecule has 1 saturated heterocycles. The zero-order chi connectivity index (χ0) is 14.5. The number of rotatable bonds is 4. The van der Waals surface area contributed by atoms with Gasteiger partial charge in [-0.3, -0.25) is 4.90 Å². The van der Waals surface area contributed by atoms with Gasteiger partial charge in [0.1, 0.15) is 0 Å². The Balaban J connectivity index is 1.60. The van der Waals surface area contributed by atoms with Crippen molar-refractivity contribution in [2.24, 2.45) is 0 Å². The summed E-state index contributed by atoms with van der Waals surface area (Å²) in [6, 6.07) is 15.8. The second-order valence-electron chi connectivity index (χ2n) is 5.64. The van der Waals surface area contributed by atoms with Crippen molar-refractivity contribution in [2.45, 2.75) is 25.4 Å². The Hall–Kier alpha value is -0.680. The molecule has 3 rings (SSSR count). The molecule has 1 aliphatic rings. The minimum atomic E-state index is 0.554. The average molecular weight is 365 g/mol. The minimum absolute atomic E-state index is 0.554. The van der Waals surface area contributed by atoms with E-state index in [-0.39, 0.29) is 0 Å². The number of nitrogens with one attached hydrogen (secondary N) is 1. The molecule has 1 unspecified atom stereocenters. The highest BCUT2D eigenvalue weighted by Gasteiger charge is 2.18. The summed E-state index contributed by atoms with van der Waals surface area (Å²) in [5, 5.41) is 3.70. The predicted molar refractivity (Wildman–Crippen MR) is 93.8 cm³/mol. The first-order chi connectivity index (χ1) is 10.3. The first-order valence-electron chi connectivity index (χ1n) is 7.53. The third-order valence-electron chi connectivity index (χ3n) is 3.90. The van der Waals surface area contributed by atoms with Crippen LogP contribution in [0.5, 0.6) is 0 Å². The van der Waals surface area contributed by atoms with Crippen LogP contribution in [0, 0.1) is 0 Å². The van der Waals surface area contributed by atoms with E-state index in [0.29, 0.717) is 6.04 Å². The van der Waals surface area contributed by atoms with Gasteiger partial charge in [-0.25, -0.2) is 0 Å². The Kier molecular flexibility index (Phi) is 5.47. The lowest BCUT2D eigenvalue weighted by Gasteiger charge is -2.24. The fourth-order valence-corrected chi connectivity index (χ4v) is 4.44. The maximum absolute atomic E-state index is 3.70. The van der Waals surface area contributed by atoms with Crippen LogP contribution in [0.2, 0.25) is 0 Å². The van der Waals surface area contributed by atoms with Crippen molar-refractivity contribution in [3.8, 4) is 0 Å². The van der Waals surface area contributed by atoms with Crippen LogP contribution in [-0.4, -0.2) is 30.6 Å². The van der Waals surface area contributed by atoms with Crippen molar-refractivity contribution in [2.75, 3.05) is 19.6 Å². The zero-order valence-corrected chi connectivity index (χ0v) is 14.5. The Morgan fingerprint density at radius 3 is 2.81 bits per heavy atom. The molecule has 0 aliphatic carbocycles. The summed E-state index contributed by atoms with van der Waals surface area (Å²) in [5.74, 6) is 0. The number of halogens is 1. The van der Waals surface area contributed by atoms with Crippen LogP contribution in [0.1, 0.15) is 16.9 Å². The van der Waals surface area contributed by atoms with Crippen LogP contribution in [0.4, 0.5) is 0 Å². The average Bonchev–Trinajstić information content (AvgIpc) is 2.76. The van der Waals surface area contributed by atoms with Crippen LogP contribution in [0.15, 0.2) is 46.3 Å². The smallest absolute Gasteiger partial charge is 0.0701 e. The van der Waals surface area contributed by atoms with Crippen LogP contribution in [-0.2, 0) is 13.0 Å². The molecular weight excluding hydrogens is 344 g/mol. The first kappa shape index (κ1) is 15.2. The molecular formula is C17H21BrN2S. The molecule has 0 spiro atoms. The second-order valence-corrected chi connectivity index (χ2v) is 8.18. The molecule has 21 heavy (non-hydrogen) atoms. The summed E-state index contributed by atoms with van der Waals surface area (Å²) >= 11 is 5.40. The lowest BCUT2D eigenvalue weighted by molar-refractivity contribution is 0.261. The van der Waals surface area contributed by atoms with Gasteiger partial charge < -0.3 is 5.32 Å². The van der Waals surface area contributed by atoms with Gasteiger partial charge in [-0.05, 0) is 59.6 Å². The van der Waals surface area contributed by atoms with Gasteiger partial charge in [0, 0.05) is 24.0 Å². The molecule has 0 amide bonds. The molecule has 0 bridgehead atoms. The number of thiophene rings is 1. The van der Waals surface area contributed by atoms with E-state index in [9.17, 15) is 0 Å². The quantitative estimate of drug-likeness (QED) is 0.884. The van der Waals surface area contributed by atoms with Crippen LogP contribution in [0.3, 0.4) is 0 Å². The third-order valence-corrected chi connectivity index (χ3v) is 5.50. The van der Waals surface area contributed by atoms with Crippen LogP contribution < -0.4 is 5.32 Å². The number of benzene rings is 1. The Labute approximate surface area is 139 Å². The monoisotopic (exact) mass is 364 g/mol. The van der Waals surface area contributed by atoms with Gasteiger partial charge in [0.2, 0.25) is 0 Å². The van der Waals surface area contributed by atoms with Crippen molar-refractivity contribution in [3.63, 3.8) is 0 Å². The molecule has 1 N–H and O–H groups in total. The standard InChI is InChI=1S/C17H21BrN2S/c18-17-8-7-16(21-17)13-20-10-4-9-19-15(12-20)11-14-5-2-1-3-6-14/h1-3,5-8,15,19H,4,9-13H2. The summed E-state index contributed by atoms with van der Waals surface area (Å²) in [4.78, 5) is 4.04. The van der Waals surface area contributed by atoms with Crippen LogP contribution >= 0.6 is 27.3 Å². The van der Waals surface area contributed by atoms with E-state index >= 15 is 0 Å². The third kappa shape index (κ3) is 4.65. The van der Waals surface area contributed by atoms with Crippen molar-refractivity contribution < 1.29 is 0 Å². The molecule has 2 nitrogen and oxygen atoms in total. The highest BCUT2D eigenvalue weighted by molar-refractivity contribution is 9.11. The summed E-state index contributed by atoms with van der Waals surface area (Å²) in [7, 11) is 0. The lowest BCUT2D eigenvalue weighted by atomic mass is 10.1. The van der Waals surface area contributed by atoms with E-state index in [1.165, 1.54) is 27.2 Å². The summed E-state index contributed by atoms with van der Waals surface area (Å²) < 4.78 is 1.23. The highest BCUT2D eigenvalue weighted by Crippen LogP contribution is 2.23. The fraction of sp³-hybridized carbons (Fsp3) is 0.412. The summed E-state index contributed by atoms with van der Waals surface area (Å²) in [5.41, 5.74) is 1.43. The van der Waals surface area contributed by atoms with Gasteiger partial charge in [-0.2, -0.15) is 0 Å². The van der Waals surface area contributed by atoms with Gasteiger partial charge in [0.25, 0.3) is 0 Å². The normalized spacial score (nSPS) is 20.3. The molecule has 1 aromatic heterocycles. The van der Waals surface area contributed by atoms with Crippen molar-refractivity contribution in [1.82, 2.24) is 10.2 Å². The SMILES string of the molecule is Brc1ccc(CN2CCCNC(Cc3ccccc3)C2)s1. The number of nitrogens with zero attached hydrogens (tertiary/aromatic N) is 1. The lowest BCUT2D eigenvalue weighted by Crippen LogP contribution is -2.38. The molecule has 1 fully saturated rings. The minimum Gasteiger partial charge on any atom is -0.312 e. The highest BCUT2D eigenvalue weighted by atomic mass is 79.9. The number of hydrogen-bond donors (Lipinski definition) is 1. The first-order valence-corrected chi connectivity index (χ1v) is 9.14. The van der Waals surface area contributed by atoms with E-state index in [4.69, 9.17) is 0 Å². The molecule has 1 atom stereocenters. The zero-order valence-electron chi connectivity index (χ0n) is 12.1. The fourth-order valence-electron chi connectivity index (χ4n) is 2.91. The van der Waals surface area contributed by atoms with Crippen molar-refractivity contribution in [1.29, 1.82) is 0 Å². The van der Waals surface area contributed by atoms with E-state index in [1.54, 1.807) is 0 Å². The van der Waals surface area contributed by atoms with E-state index < -0.39 is 0 Å². The Bertz CT molecular complexity index is 555. The molecule has 4 heteroatoms. The largest absolute Gasteiger partial charge is 0.312 e. The van der Waals surface area contributed by atoms with Gasteiger partial charge in [-0.15, -0.1) is 11.3 Å². The van der Waals surface area contributed by atoms with Gasteiger partial charge in [0.15, 0.2) is 0 Å². The van der Waals surface area contributed by atoms with Gasteiger partial charge in [0.05, 0.1) is 3.79 Å². The molecule has 2 heterocycles. The van der Waals surface area contributed by atoms with Crippen molar-refractivity contribution >= 4 is 27.3 Å².